The first-order chi connectivity index (χ1) is 8.54. The lowest BCUT2D eigenvalue weighted by Gasteiger charge is -2.07. The summed E-state index contributed by atoms with van der Waals surface area (Å²) in [4.78, 5) is 11.2. The summed E-state index contributed by atoms with van der Waals surface area (Å²) in [6.45, 7) is 3.50. The zero-order valence-electron chi connectivity index (χ0n) is 10.4. The van der Waals surface area contributed by atoms with Gasteiger partial charge in [-0.1, -0.05) is 11.2 Å². The Morgan fingerprint density at radius 2 is 2.11 bits per heavy atom. The maximum absolute atomic E-state index is 11.2. The van der Waals surface area contributed by atoms with Crippen LogP contribution in [0.5, 0.6) is 5.75 Å². The number of aromatic carboxylic acids is 1. The molecular weight excluding hydrogens is 234 g/mol. The van der Waals surface area contributed by atoms with Crippen LogP contribution in [-0.2, 0) is 0 Å². The summed E-state index contributed by atoms with van der Waals surface area (Å²) >= 11 is 0. The Balaban J connectivity index is 2.66. The van der Waals surface area contributed by atoms with Crippen LogP contribution in [0.1, 0.15) is 21.7 Å². The molecule has 2 aromatic rings. The molecule has 1 heterocycles. The highest BCUT2D eigenvalue weighted by Crippen LogP contribution is 2.33. The van der Waals surface area contributed by atoms with Crippen molar-refractivity contribution in [2.75, 3.05) is 7.11 Å². The van der Waals surface area contributed by atoms with Gasteiger partial charge in [-0.2, -0.15) is 0 Å². The summed E-state index contributed by atoms with van der Waals surface area (Å²) in [6.07, 6.45) is 0. The number of carbonyl (C=O) groups is 1. The van der Waals surface area contributed by atoms with Crippen LogP contribution >= 0.6 is 0 Å². The maximum atomic E-state index is 11.2. The topological polar surface area (TPSA) is 72.6 Å². The van der Waals surface area contributed by atoms with Gasteiger partial charge >= 0.3 is 5.97 Å². The molecule has 5 nitrogen and oxygen atoms in total. The predicted octanol–water partition coefficient (Wildman–Crippen LogP) is 2.67. The fraction of sp³-hybridized carbons (Fsp3) is 0.231. The summed E-state index contributed by atoms with van der Waals surface area (Å²) in [5.41, 5.74) is 1.99. The van der Waals surface area contributed by atoms with Crippen LogP contribution in [0.25, 0.3) is 11.3 Å². The Kier molecular flexibility index (Phi) is 3.06. The van der Waals surface area contributed by atoms with Crippen molar-refractivity contribution < 1.29 is 19.2 Å². The van der Waals surface area contributed by atoms with E-state index in [2.05, 4.69) is 5.16 Å². The number of methoxy groups -OCH3 is 1. The van der Waals surface area contributed by atoms with Crippen LogP contribution in [0.4, 0.5) is 0 Å². The zero-order valence-corrected chi connectivity index (χ0v) is 10.4. The van der Waals surface area contributed by atoms with E-state index in [1.54, 1.807) is 13.0 Å². The Labute approximate surface area is 104 Å². The molecule has 0 atom stereocenters. The van der Waals surface area contributed by atoms with E-state index in [0.717, 1.165) is 5.56 Å². The molecule has 1 aromatic carbocycles. The molecule has 1 aromatic heterocycles. The van der Waals surface area contributed by atoms with Gasteiger partial charge in [0.05, 0.1) is 7.11 Å². The molecule has 0 aliphatic heterocycles. The monoisotopic (exact) mass is 247 g/mol. The highest BCUT2D eigenvalue weighted by Gasteiger charge is 2.23. The fourth-order valence-electron chi connectivity index (χ4n) is 1.80. The molecule has 0 saturated carbocycles. The average molecular weight is 247 g/mol. The minimum atomic E-state index is -1.06. The lowest BCUT2D eigenvalue weighted by atomic mass is 10.0. The molecular formula is C13H13NO4. The number of carboxylic acid groups (broad SMARTS) is 1. The lowest BCUT2D eigenvalue weighted by molar-refractivity contribution is 0.0696. The molecule has 2 rings (SSSR count). The van der Waals surface area contributed by atoms with Gasteiger partial charge in [0.25, 0.3) is 0 Å². The van der Waals surface area contributed by atoms with Crippen LogP contribution in [0.3, 0.4) is 0 Å². The molecule has 0 unspecified atom stereocenters. The minimum absolute atomic E-state index is 0.0668. The second kappa shape index (κ2) is 4.52. The summed E-state index contributed by atoms with van der Waals surface area (Å²) in [5.74, 6) is -0.211. The van der Waals surface area contributed by atoms with Crippen molar-refractivity contribution in [3.63, 3.8) is 0 Å². The molecule has 0 radical (unpaired) electrons. The van der Waals surface area contributed by atoms with E-state index in [1.165, 1.54) is 7.11 Å². The van der Waals surface area contributed by atoms with Gasteiger partial charge in [-0.3, -0.25) is 0 Å². The first-order valence-corrected chi connectivity index (χ1v) is 5.39. The summed E-state index contributed by atoms with van der Waals surface area (Å²) in [6, 6.07) is 5.47. The van der Waals surface area contributed by atoms with E-state index in [9.17, 15) is 9.90 Å². The Morgan fingerprint density at radius 1 is 1.39 bits per heavy atom. The van der Waals surface area contributed by atoms with Crippen LogP contribution < -0.4 is 4.74 Å². The van der Waals surface area contributed by atoms with Gasteiger partial charge in [0.1, 0.15) is 22.8 Å². The summed E-state index contributed by atoms with van der Waals surface area (Å²) < 4.78 is 10.2. The van der Waals surface area contributed by atoms with Crippen molar-refractivity contribution in [3.8, 4) is 17.0 Å². The average Bonchev–Trinajstić information content (AvgIpc) is 2.70. The SMILES string of the molecule is COc1cc(C)ccc1-c1noc(C)c1C(=O)O. The third kappa shape index (κ3) is 1.95. The Bertz CT molecular complexity index is 601. The van der Waals surface area contributed by atoms with Crippen molar-refractivity contribution in [1.82, 2.24) is 5.16 Å². The van der Waals surface area contributed by atoms with E-state index in [0.29, 0.717) is 11.3 Å². The van der Waals surface area contributed by atoms with Crippen molar-refractivity contribution in [2.24, 2.45) is 0 Å². The van der Waals surface area contributed by atoms with Crippen molar-refractivity contribution in [3.05, 3.63) is 35.1 Å². The maximum Gasteiger partial charge on any atom is 0.341 e. The van der Waals surface area contributed by atoms with Crippen LogP contribution in [0.2, 0.25) is 0 Å². The molecule has 18 heavy (non-hydrogen) atoms. The zero-order chi connectivity index (χ0) is 13.3. The highest BCUT2D eigenvalue weighted by atomic mass is 16.5. The number of nitrogens with zero attached hydrogens (tertiary/aromatic N) is 1. The van der Waals surface area contributed by atoms with Gasteiger partial charge < -0.3 is 14.4 Å². The molecule has 0 aliphatic carbocycles. The van der Waals surface area contributed by atoms with Crippen molar-refractivity contribution >= 4 is 5.97 Å². The largest absolute Gasteiger partial charge is 0.496 e. The first-order valence-electron chi connectivity index (χ1n) is 5.39. The molecule has 1 N–H and O–H groups in total. The second-order valence-corrected chi connectivity index (χ2v) is 3.97. The predicted molar refractivity (Wildman–Crippen MR) is 64.9 cm³/mol. The second-order valence-electron chi connectivity index (χ2n) is 3.97. The number of aryl methyl sites for hydroxylation is 2. The summed E-state index contributed by atoms with van der Waals surface area (Å²) in [5, 5.41) is 13.0. The number of ether oxygens (including phenoxy) is 1. The molecule has 0 bridgehead atoms. The number of hydrogen-bond donors (Lipinski definition) is 1. The molecule has 0 amide bonds. The third-order valence-corrected chi connectivity index (χ3v) is 2.69. The van der Waals surface area contributed by atoms with Crippen molar-refractivity contribution in [1.29, 1.82) is 0 Å². The van der Waals surface area contributed by atoms with Crippen LogP contribution in [0, 0.1) is 13.8 Å². The van der Waals surface area contributed by atoms with E-state index in [-0.39, 0.29) is 17.0 Å². The molecule has 5 heteroatoms. The quantitative estimate of drug-likeness (QED) is 0.902. The van der Waals surface area contributed by atoms with Gasteiger partial charge in [0.15, 0.2) is 0 Å². The van der Waals surface area contributed by atoms with Crippen LogP contribution in [-0.4, -0.2) is 23.3 Å². The molecule has 0 spiro atoms. The van der Waals surface area contributed by atoms with E-state index in [4.69, 9.17) is 9.26 Å². The Morgan fingerprint density at radius 3 is 2.72 bits per heavy atom. The standard InChI is InChI=1S/C13H13NO4/c1-7-4-5-9(10(6-7)17-3)12-11(13(15)16)8(2)18-14-12/h4-6H,1-3H3,(H,15,16). The van der Waals surface area contributed by atoms with E-state index >= 15 is 0 Å². The summed E-state index contributed by atoms with van der Waals surface area (Å²) in [7, 11) is 1.53. The number of carboxylic acids is 1. The minimum Gasteiger partial charge on any atom is -0.496 e. The molecule has 0 fully saturated rings. The molecule has 0 saturated heterocycles. The third-order valence-electron chi connectivity index (χ3n) is 2.69. The number of aromatic nitrogens is 1. The van der Waals surface area contributed by atoms with Gasteiger partial charge in [-0.25, -0.2) is 4.79 Å². The van der Waals surface area contributed by atoms with E-state index < -0.39 is 5.97 Å². The number of rotatable bonds is 3. The Hall–Kier alpha value is -2.30. The normalized spacial score (nSPS) is 10.4. The molecule has 0 aliphatic rings. The first kappa shape index (κ1) is 12.2. The smallest absolute Gasteiger partial charge is 0.341 e. The van der Waals surface area contributed by atoms with Gasteiger partial charge in [0, 0.05) is 5.56 Å². The fourth-order valence-corrected chi connectivity index (χ4v) is 1.80. The van der Waals surface area contributed by atoms with Crippen LogP contribution in [0.15, 0.2) is 22.7 Å². The number of benzene rings is 1. The van der Waals surface area contributed by atoms with Gasteiger partial charge in [0.2, 0.25) is 0 Å². The highest BCUT2D eigenvalue weighted by molar-refractivity contribution is 5.96. The van der Waals surface area contributed by atoms with E-state index in [1.807, 2.05) is 19.1 Å². The number of hydrogen-bond acceptors (Lipinski definition) is 4. The van der Waals surface area contributed by atoms with Crippen molar-refractivity contribution in [2.45, 2.75) is 13.8 Å². The lowest BCUT2D eigenvalue weighted by Crippen LogP contribution is -2.00. The molecule has 94 valence electrons. The van der Waals surface area contributed by atoms with Gasteiger partial charge in [-0.15, -0.1) is 0 Å². The van der Waals surface area contributed by atoms with Gasteiger partial charge in [-0.05, 0) is 31.5 Å².